The third-order valence-corrected chi connectivity index (χ3v) is 7.64. The third kappa shape index (κ3) is 5.14. The Morgan fingerprint density at radius 2 is 1.97 bits per heavy atom. The zero-order valence-electron chi connectivity index (χ0n) is 18.7. The summed E-state index contributed by atoms with van der Waals surface area (Å²) in [6.07, 6.45) is 3.79. The van der Waals surface area contributed by atoms with E-state index in [1.807, 2.05) is 5.38 Å². The summed E-state index contributed by atoms with van der Waals surface area (Å²) < 4.78 is 33.4. The molecule has 1 saturated heterocycles. The summed E-state index contributed by atoms with van der Waals surface area (Å²) in [7, 11) is 0. The van der Waals surface area contributed by atoms with E-state index in [1.165, 1.54) is 29.8 Å². The molecule has 1 atom stereocenters. The third-order valence-electron chi connectivity index (χ3n) is 6.04. The molecule has 1 unspecified atom stereocenters. The van der Waals surface area contributed by atoms with Crippen LogP contribution in [-0.4, -0.2) is 51.2 Å². The van der Waals surface area contributed by atoms with Gasteiger partial charge < -0.3 is 14.5 Å². The van der Waals surface area contributed by atoms with Crippen LogP contribution >= 0.6 is 34.5 Å². The first-order valence-corrected chi connectivity index (χ1v) is 12.7. The number of thiazole rings is 1. The predicted octanol–water partition coefficient (Wildman–Crippen LogP) is 5.17. The second-order valence-corrected chi connectivity index (χ2v) is 9.91. The van der Waals surface area contributed by atoms with E-state index in [-0.39, 0.29) is 46.5 Å². The normalized spacial score (nSPS) is 18.2. The smallest absolute Gasteiger partial charge is 0.260 e. The fourth-order valence-corrected chi connectivity index (χ4v) is 5.56. The number of amides is 1. The molecular formula is C23H19Cl2F2N5O3S. The number of ether oxygens (including phenoxy) is 1. The molecular weight excluding hydrogens is 535 g/mol. The highest BCUT2D eigenvalue weighted by atomic mass is 35.5. The number of rotatable bonds is 6. The number of carbonyl (C=O) groups is 1. The molecule has 0 bridgehead atoms. The summed E-state index contributed by atoms with van der Waals surface area (Å²) in [5, 5.41) is 7.05. The van der Waals surface area contributed by atoms with Crippen molar-refractivity contribution < 1.29 is 23.1 Å². The van der Waals surface area contributed by atoms with Crippen LogP contribution in [0.1, 0.15) is 47.5 Å². The lowest BCUT2D eigenvalue weighted by molar-refractivity contribution is -0.134. The predicted molar refractivity (Wildman–Crippen MR) is 130 cm³/mol. The number of hydrogen-bond donors (Lipinski definition) is 0. The molecule has 3 aromatic rings. The number of halogens is 4. The summed E-state index contributed by atoms with van der Waals surface area (Å²) in [4.78, 5) is 32.2. The molecule has 13 heteroatoms. The Morgan fingerprint density at radius 1 is 1.19 bits per heavy atom. The average Bonchev–Trinajstić information content (AvgIpc) is 3.56. The summed E-state index contributed by atoms with van der Waals surface area (Å²) in [6, 6.07) is 2.27. The lowest BCUT2D eigenvalue weighted by Crippen LogP contribution is -2.40. The molecule has 1 aromatic carbocycles. The van der Waals surface area contributed by atoms with Gasteiger partial charge in [0.2, 0.25) is 0 Å². The van der Waals surface area contributed by atoms with Crippen LogP contribution in [0.2, 0.25) is 10.2 Å². The molecule has 1 fully saturated rings. The highest BCUT2D eigenvalue weighted by Gasteiger charge is 2.32. The number of carbonyl (C=O) groups excluding carboxylic acids is 1. The van der Waals surface area contributed by atoms with E-state index in [0.717, 1.165) is 23.9 Å². The van der Waals surface area contributed by atoms with Gasteiger partial charge in [-0.15, -0.1) is 11.3 Å². The maximum absolute atomic E-state index is 14.3. The van der Waals surface area contributed by atoms with Crippen molar-refractivity contribution in [3.63, 3.8) is 0 Å². The molecule has 2 aliphatic heterocycles. The SMILES string of the molecule is O=C(COc1nccnc1Cl)N1CCC(c2nc(C3=NOC(c4c(Cl)ccc(F)c4F)C3)cs2)CC1. The molecule has 0 spiro atoms. The number of aromatic nitrogens is 3. The van der Waals surface area contributed by atoms with Gasteiger partial charge in [-0.2, -0.15) is 0 Å². The van der Waals surface area contributed by atoms with E-state index in [9.17, 15) is 13.6 Å². The standard InChI is InChI=1S/C23H19Cl2F2N5O3S/c24-13-1-2-14(26)20(27)19(13)17-9-15(31-35-17)16-11-36-23(30-16)12-3-7-32(8-4-12)18(33)10-34-22-21(25)28-5-6-29-22/h1-2,5-6,11-12,17H,3-4,7-10H2. The van der Waals surface area contributed by atoms with Crippen molar-refractivity contribution in [3.8, 4) is 5.88 Å². The first-order chi connectivity index (χ1) is 17.4. The van der Waals surface area contributed by atoms with Crippen molar-refractivity contribution >= 4 is 46.2 Å². The van der Waals surface area contributed by atoms with E-state index >= 15 is 0 Å². The van der Waals surface area contributed by atoms with Gasteiger partial charge in [-0.1, -0.05) is 28.4 Å². The van der Waals surface area contributed by atoms with Crippen LogP contribution in [0.25, 0.3) is 0 Å². The van der Waals surface area contributed by atoms with E-state index in [1.54, 1.807) is 4.90 Å². The maximum atomic E-state index is 14.3. The Kier molecular flexibility index (Phi) is 7.31. The molecule has 4 heterocycles. The molecule has 0 saturated carbocycles. The maximum Gasteiger partial charge on any atom is 0.260 e. The molecule has 36 heavy (non-hydrogen) atoms. The minimum Gasteiger partial charge on any atom is -0.465 e. The first kappa shape index (κ1) is 24.8. The fraction of sp³-hybridized carbons (Fsp3) is 0.348. The number of piperidine rings is 1. The zero-order chi connectivity index (χ0) is 25.2. The van der Waals surface area contributed by atoms with Crippen LogP contribution in [0.5, 0.6) is 5.88 Å². The molecule has 0 aliphatic carbocycles. The fourth-order valence-electron chi connectivity index (χ4n) is 4.13. The highest BCUT2D eigenvalue weighted by Crippen LogP contribution is 2.37. The van der Waals surface area contributed by atoms with Gasteiger partial charge in [0.05, 0.1) is 21.3 Å². The molecule has 2 aliphatic rings. The van der Waals surface area contributed by atoms with Crippen LogP contribution in [0.4, 0.5) is 8.78 Å². The number of hydrogen-bond acceptors (Lipinski definition) is 8. The van der Waals surface area contributed by atoms with Gasteiger partial charge in [0.15, 0.2) is 29.5 Å². The Hall–Kier alpha value is -2.89. The highest BCUT2D eigenvalue weighted by molar-refractivity contribution is 7.10. The quantitative estimate of drug-likeness (QED) is 0.391. The lowest BCUT2D eigenvalue weighted by atomic mass is 9.97. The van der Waals surface area contributed by atoms with Gasteiger partial charge in [-0.25, -0.2) is 23.7 Å². The van der Waals surface area contributed by atoms with Gasteiger partial charge in [0.1, 0.15) is 5.71 Å². The Balaban J connectivity index is 1.15. The van der Waals surface area contributed by atoms with Crippen molar-refractivity contribution in [2.24, 2.45) is 5.16 Å². The number of oxime groups is 1. The van der Waals surface area contributed by atoms with Crippen LogP contribution in [0, 0.1) is 11.6 Å². The van der Waals surface area contributed by atoms with Crippen LogP contribution < -0.4 is 4.74 Å². The van der Waals surface area contributed by atoms with Gasteiger partial charge >= 0.3 is 0 Å². The van der Waals surface area contributed by atoms with E-state index in [2.05, 4.69) is 15.1 Å². The van der Waals surface area contributed by atoms with E-state index < -0.39 is 17.7 Å². The molecule has 2 aromatic heterocycles. The van der Waals surface area contributed by atoms with E-state index in [4.69, 9.17) is 37.8 Å². The molecule has 0 N–H and O–H groups in total. The first-order valence-electron chi connectivity index (χ1n) is 11.1. The minimum atomic E-state index is -1.03. The van der Waals surface area contributed by atoms with Gasteiger partial charge in [0.25, 0.3) is 11.8 Å². The minimum absolute atomic E-state index is 0.0477. The number of nitrogens with zero attached hydrogens (tertiary/aromatic N) is 5. The van der Waals surface area contributed by atoms with Crippen molar-refractivity contribution in [1.29, 1.82) is 0 Å². The van der Waals surface area contributed by atoms with E-state index in [0.29, 0.717) is 24.5 Å². The van der Waals surface area contributed by atoms with Gasteiger partial charge in [-0.3, -0.25) is 4.79 Å². The molecule has 0 radical (unpaired) electrons. The molecule has 188 valence electrons. The Labute approximate surface area is 218 Å². The van der Waals surface area contributed by atoms with Crippen LogP contribution in [0.3, 0.4) is 0 Å². The van der Waals surface area contributed by atoms with Crippen LogP contribution in [-0.2, 0) is 9.63 Å². The molecule has 5 rings (SSSR count). The van der Waals surface area contributed by atoms with Crippen molar-refractivity contribution in [3.05, 3.63) is 68.0 Å². The second kappa shape index (κ2) is 10.6. The zero-order valence-corrected chi connectivity index (χ0v) is 21.0. The number of likely N-dealkylation sites (tertiary alicyclic amines) is 1. The Bertz CT molecular complexity index is 1320. The second-order valence-electron chi connectivity index (χ2n) is 8.26. The average molecular weight is 554 g/mol. The topological polar surface area (TPSA) is 89.8 Å². The monoisotopic (exact) mass is 553 g/mol. The van der Waals surface area contributed by atoms with Crippen LogP contribution in [0.15, 0.2) is 35.1 Å². The summed E-state index contributed by atoms with van der Waals surface area (Å²) >= 11 is 13.5. The lowest BCUT2D eigenvalue weighted by Gasteiger charge is -2.31. The molecule has 8 nitrogen and oxygen atoms in total. The Morgan fingerprint density at radius 3 is 2.75 bits per heavy atom. The largest absolute Gasteiger partial charge is 0.465 e. The van der Waals surface area contributed by atoms with Crippen molar-refractivity contribution in [2.45, 2.75) is 31.3 Å². The number of benzene rings is 1. The van der Waals surface area contributed by atoms with Gasteiger partial charge in [-0.05, 0) is 25.0 Å². The summed E-state index contributed by atoms with van der Waals surface area (Å²) in [5.74, 6) is -1.86. The van der Waals surface area contributed by atoms with Crippen molar-refractivity contribution in [1.82, 2.24) is 19.9 Å². The molecule has 1 amide bonds. The summed E-state index contributed by atoms with van der Waals surface area (Å²) in [6.45, 7) is 0.973. The summed E-state index contributed by atoms with van der Waals surface area (Å²) in [5.41, 5.74) is 1.14. The van der Waals surface area contributed by atoms with Crippen molar-refractivity contribution in [2.75, 3.05) is 19.7 Å². The van der Waals surface area contributed by atoms with Gasteiger partial charge in [0, 0.05) is 43.2 Å².